The number of benzene rings is 1. The minimum absolute atomic E-state index is 0.204. The van der Waals surface area contributed by atoms with Crippen LogP contribution in [0, 0.1) is 0 Å². The Hall–Kier alpha value is -2.77. The number of carbonyl (C=O) groups excluding carboxylic acids is 2. The number of nitrogens with one attached hydrogen (secondary N) is 2. The summed E-state index contributed by atoms with van der Waals surface area (Å²) in [5, 5.41) is 6.43. The Morgan fingerprint density at radius 3 is 2.23 bits per heavy atom. The van der Waals surface area contributed by atoms with Gasteiger partial charge >= 0.3 is 0 Å². The highest BCUT2D eigenvalue weighted by atomic mass is 16.5. The van der Waals surface area contributed by atoms with E-state index in [0.717, 1.165) is 0 Å². The third-order valence-corrected chi connectivity index (χ3v) is 3.09. The van der Waals surface area contributed by atoms with E-state index in [1.807, 2.05) is 0 Å². The molecule has 2 N–H and O–H groups in total. The summed E-state index contributed by atoms with van der Waals surface area (Å²) in [6.07, 6.45) is 0.531. The molecule has 0 bridgehead atoms. The molecule has 118 valence electrons. The average molecular weight is 307 g/mol. The predicted octanol–water partition coefficient (Wildman–Crippen LogP) is 0.917. The summed E-state index contributed by atoms with van der Waals surface area (Å²) in [6, 6.07) is 3.22. The van der Waals surface area contributed by atoms with E-state index < -0.39 is 5.91 Å². The van der Waals surface area contributed by atoms with Crippen LogP contribution in [0.3, 0.4) is 0 Å². The molecule has 0 fully saturated rings. The van der Waals surface area contributed by atoms with Crippen molar-refractivity contribution in [2.24, 2.45) is 5.10 Å². The van der Waals surface area contributed by atoms with Crippen LogP contribution in [-0.4, -0.2) is 38.9 Å². The lowest BCUT2D eigenvalue weighted by molar-refractivity contribution is -0.121. The van der Waals surface area contributed by atoms with Crippen molar-refractivity contribution < 1.29 is 23.8 Å². The minimum atomic E-state index is -0.394. The van der Waals surface area contributed by atoms with Gasteiger partial charge in [-0.2, -0.15) is 5.10 Å². The molecule has 0 saturated heterocycles. The van der Waals surface area contributed by atoms with Gasteiger partial charge in [0.2, 0.25) is 11.7 Å². The smallest absolute Gasteiger partial charge is 0.271 e. The molecule has 1 aliphatic heterocycles. The molecular formula is C14H17N3O5. The van der Waals surface area contributed by atoms with Gasteiger partial charge in [-0.3, -0.25) is 9.59 Å². The van der Waals surface area contributed by atoms with Crippen LogP contribution in [0.5, 0.6) is 17.2 Å². The first-order valence-corrected chi connectivity index (χ1v) is 6.55. The third kappa shape index (κ3) is 3.27. The van der Waals surface area contributed by atoms with E-state index in [4.69, 9.17) is 14.2 Å². The van der Waals surface area contributed by atoms with Crippen molar-refractivity contribution in [2.45, 2.75) is 12.8 Å². The predicted molar refractivity (Wildman–Crippen MR) is 79.5 cm³/mol. The normalized spacial score (nSPS) is 13.8. The van der Waals surface area contributed by atoms with Gasteiger partial charge in [0.15, 0.2) is 11.5 Å². The van der Waals surface area contributed by atoms with Crippen LogP contribution in [0.15, 0.2) is 17.2 Å². The van der Waals surface area contributed by atoms with Crippen LogP contribution >= 0.6 is 0 Å². The lowest BCUT2D eigenvalue weighted by Gasteiger charge is -2.15. The lowest BCUT2D eigenvalue weighted by Crippen LogP contribution is -2.32. The monoisotopic (exact) mass is 307 g/mol. The average Bonchev–Trinajstić information content (AvgIpc) is 2.54. The molecule has 0 spiro atoms. The summed E-state index contributed by atoms with van der Waals surface area (Å²) in [5.74, 6) is 0.691. The Balaban J connectivity index is 2.22. The largest absolute Gasteiger partial charge is 0.493 e. The van der Waals surface area contributed by atoms with Crippen molar-refractivity contribution in [1.82, 2.24) is 5.43 Å². The van der Waals surface area contributed by atoms with Crippen LogP contribution in [0.25, 0.3) is 0 Å². The lowest BCUT2D eigenvalue weighted by atomic mass is 10.1. The summed E-state index contributed by atoms with van der Waals surface area (Å²) < 4.78 is 15.6. The number of hydrogen-bond acceptors (Lipinski definition) is 6. The van der Waals surface area contributed by atoms with Crippen LogP contribution in [0.2, 0.25) is 0 Å². The molecule has 22 heavy (non-hydrogen) atoms. The second-order valence-electron chi connectivity index (χ2n) is 4.46. The van der Waals surface area contributed by atoms with E-state index in [1.165, 1.54) is 21.3 Å². The molecular weight excluding hydrogens is 290 g/mol. The second-order valence-corrected chi connectivity index (χ2v) is 4.46. The fourth-order valence-electron chi connectivity index (χ4n) is 1.99. The number of rotatable bonds is 5. The molecule has 1 aromatic carbocycles. The first-order valence-electron chi connectivity index (χ1n) is 6.55. The molecule has 0 aromatic heterocycles. The number of carbonyl (C=O) groups is 2. The standard InChI is InChI=1S/C14H17N3O5/c1-20-10-6-8(7-11(21-2)13(10)22-3)15-14(19)9-4-5-12(18)17-16-9/h6-7H,4-5H2,1-3H3,(H,15,19)(H,17,18). The van der Waals surface area contributed by atoms with Crippen molar-refractivity contribution in [3.63, 3.8) is 0 Å². The van der Waals surface area contributed by atoms with Gasteiger partial charge in [-0.25, -0.2) is 5.43 Å². The van der Waals surface area contributed by atoms with Crippen molar-refractivity contribution in [3.05, 3.63) is 12.1 Å². The molecule has 2 amide bonds. The van der Waals surface area contributed by atoms with E-state index in [9.17, 15) is 9.59 Å². The van der Waals surface area contributed by atoms with Crippen LogP contribution < -0.4 is 25.0 Å². The molecule has 8 heteroatoms. The van der Waals surface area contributed by atoms with Gasteiger partial charge in [-0.1, -0.05) is 0 Å². The van der Waals surface area contributed by atoms with E-state index >= 15 is 0 Å². The maximum atomic E-state index is 12.1. The highest BCUT2D eigenvalue weighted by molar-refractivity contribution is 6.43. The number of hydrogen-bond donors (Lipinski definition) is 2. The summed E-state index contributed by atoms with van der Waals surface area (Å²) in [6.45, 7) is 0. The maximum Gasteiger partial charge on any atom is 0.271 e. The van der Waals surface area contributed by atoms with E-state index in [-0.39, 0.29) is 18.0 Å². The number of anilines is 1. The Morgan fingerprint density at radius 2 is 1.77 bits per heavy atom. The molecule has 0 atom stereocenters. The highest BCUT2D eigenvalue weighted by Gasteiger charge is 2.20. The number of nitrogens with zero attached hydrogens (tertiary/aromatic N) is 1. The highest BCUT2D eigenvalue weighted by Crippen LogP contribution is 2.39. The number of amides is 2. The summed E-state index contributed by atoms with van der Waals surface area (Å²) in [5.41, 5.74) is 3.01. The molecule has 0 aliphatic carbocycles. The van der Waals surface area contributed by atoms with Gasteiger partial charge in [0.05, 0.1) is 21.3 Å². The van der Waals surface area contributed by atoms with Crippen molar-refractivity contribution >= 4 is 23.2 Å². The number of ether oxygens (including phenoxy) is 3. The zero-order valence-electron chi connectivity index (χ0n) is 12.6. The molecule has 0 saturated carbocycles. The van der Waals surface area contributed by atoms with Gasteiger partial charge in [0, 0.05) is 30.7 Å². The fourth-order valence-corrected chi connectivity index (χ4v) is 1.99. The van der Waals surface area contributed by atoms with Gasteiger partial charge in [-0.05, 0) is 0 Å². The van der Waals surface area contributed by atoms with Crippen LogP contribution in [0.1, 0.15) is 12.8 Å². The van der Waals surface area contributed by atoms with Crippen molar-refractivity contribution in [1.29, 1.82) is 0 Å². The first-order chi connectivity index (χ1) is 10.6. The zero-order valence-corrected chi connectivity index (χ0v) is 12.6. The fraction of sp³-hybridized carbons (Fsp3) is 0.357. The molecule has 2 rings (SSSR count). The Labute approximate surface area is 127 Å². The number of hydrazone groups is 1. The van der Waals surface area contributed by atoms with Gasteiger partial charge in [0.25, 0.3) is 5.91 Å². The Kier molecular flexibility index (Phi) is 4.82. The minimum Gasteiger partial charge on any atom is -0.493 e. The quantitative estimate of drug-likeness (QED) is 0.843. The first kappa shape index (κ1) is 15.6. The summed E-state index contributed by atoms with van der Waals surface area (Å²) in [4.78, 5) is 23.2. The second kappa shape index (κ2) is 6.79. The van der Waals surface area contributed by atoms with Gasteiger partial charge in [0.1, 0.15) is 5.71 Å². The van der Waals surface area contributed by atoms with E-state index in [2.05, 4.69) is 15.8 Å². The maximum absolute atomic E-state index is 12.1. The molecule has 1 heterocycles. The van der Waals surface area contributed by atoms with Crippen LogP contribution in [-0.2, 0) is 9.59 Å². The summed E-state index contributed by atoms with van der Waals surface area (Å²) in [7, 11) is 4.48. The molecule has 8 nitrogen and oxygen atoms in total. The van der Waals surface area contributed by atoms with Crippen molar-refractivity contribution in [3.8, 4) is 17.2 Å². The Morgan fingerprint density at radius 1 is 1.14 bits per heavy atom. The number of methoxy groups -OCH3 is 3. The van der Waals surface area contributed by atoms with Crippen molar-refractivity contribution in [2.75, 3.05) is 26.6 Å². The summed E-state index contributed by atoms with van der Waals surface area (Å²) >= 11 is 0. The molecule has 1 aliphatic rings. The van der Waals surface area contributed by atoms with Gasteiger partial charge < -0.3 is 19.5 Å². The van der Waals surface area contributed by atoms with E-state index in [1.54, 1.807) is 12.1 Å². The van der Waals surface area contributed by atoms with Crippen LogP contribution in [0.4, 0.5) is 5.69 Å². The Bertz CT molecular complexity index is 602. The topological polar surface area (TPSA) is 98.2 Å². The SMILES string of the molecule is COc1cc(NC(=O)C2=NNC(=O)CC2)cc(OC)c1OC. The zero-order chi connectivity index (χ0) is 16.1. The van der Waals surface area contributed by atoms with Gasteiger partial charge in [-0.15, -0.1) is 0 Å². The van der Waals surface area contributed by atoms with E-state index in [0.29, 0.717) is 29.4 Å². The molecule has 1 aromatic rings. The molecule has 0 unspecified atom stereocenters. The third-order valence-electron chi connectivity index (χ3n) is 3.09. The molecule has 0 radical (unpaired) electrons.